The summed E-state index contributed by atoms with van der Waals surface area (Å²) in [5.41, 5.74) is 3.72. The summed E-state index contributed by atoms with van der Waals surface area (Å²) in [6, 6.07) is 3.44. The van der Waals surface area contributed by atoms with E-state index in [0.29, 0.717) is 36.0 Å². The van der Waals surface area contributed by atoms with Crippen molar-refractivity contribution in [3.05, 3.63) is 47.1 Å². The van der Waals surface area contributed by atoms with Gasteiger partial charge in [-0.15, -0.1) is 0 Å². The largest absolute Gasteiger partial charge is 0.496 e. The maximum absolute atomic E-state index is 12.4. The minimum Gasteiger partial charge on any atom is -0.496 e. The van der Waals surface area contributed by atoms with Crippen LogP contribution in [0.2, 0.25) is 0 Å². The standard InChI is InChI=1S/C22H30O5/c1-6-26-22(23)18-11-12-20(25-5)19(21(18)27-14-24-4)13-16(3)17-9-7-15(2)8-10-17/h7,11-12,17H,3,6,8-10,13-14H2,1-2,4-5H3/t17-/m0/s1. The Morgan fingerprint density at radius 1 is 1.30 bits per heavy atom. The molecule has 0 spiro atoms. The molecule has 0 N–H and O–H groups in total. The average Bonchev–Trinajstić information content (AvgIpc) is 2.67. The highest BCUT2D eigenvalue weighted by atomic mass is 16.7. The Morgan fingerprint density at radius 3 is 2.67 bits per heavy atom. The number of hydrogen-bond acceptors (Lipinski definition) is 5. The number of rotatable bonds is 9. The molecule has 0 bridgehead atoms. The lowest BCUT2D eigenvalue weighted by Crippen LogP contribution is -2.14. The summed E-state index contributed by atoms with van der Waals surface area (Å²) in [6.45, 7) is 8.59. The van der Waals surface area contributed by atoms with E-state index in [4.69, 9.17) is 18.9 Å². The number of hydrogen-bond donors (Lipinski definition) is 0. The molecule has 0 fully saturated rings. The van der Waals surface area contributed by atoms with E-state index in [1.165, 1.54) is 5.57 Å². The lowest BCUT2D eigenvalue weighted by Gasteiger charge is -2.24. The van der Waals surface area contributed by atoms with E-state index in [-0.39, 0.29) is 6.79 Å². The Balaban J connectivity index is 2.37. The van der Waals surface area contributed by atoms with E-state index < -0.39 is 5.97 Å². The molecule has 5 nitrogen and oxygen atoms in total. The van der Waals surface area contributed by atoms with Crippen molar-refractivity contribution in [2.45, 2.75) is 39.5 Å². The molecule has 1 aliphatic rings. The van der Waals surface area contributed by atoms with Crippen molar-refractivity contribution in [2.24, 2.45) is 5.92 Å². The van der Waals surface area contributed by atoms with Gasteiger partial charge in [0.05, 0.1) is 13.7 Å². The van der Waals surface area contributed by atoms with E-state index in [1.807, 2.05) is 0 Å². The van der Waals surface area contributed by atoms with Crippen LogP contribution in [0.15, 0.2) is 35.9 Å². The quantitative estimate of drug-likeness (QED) is 0.356. The molecule has 1 aliphatic carbocycles. The molecule has 1 aromatic carbocycles. The van der Waals surface area contributed by atoms with E-state index in [2.05, 4.69) is 19.6 Å². The molecular formula is C22H30O5. The van der Waals surface area contributed by atoms with E-state index in [9.17, 15) is 4.79 Å². The fourth-order valence-corrected chi connectivity index (χ4v) is 3.33. The Hall–Kier alpha value is -2.27. The first-order valence-electron chi connectivity index (χ1n) is 9.33. The van der Waals surface area contributed by atoms with Gasteiger partial charge in [-0.3, -0.25) is 0 Å². The second-order valence-electron chi connectivity index (χ2n) is 6.75. The van der Waals surface area contributed by atoms with Crippen LogP contribution in [-0.2, 0) is 15.9 Å². The van der Waals surface area contributed by atoms with Crippen LogP contribution in [0, 0.1) is 5.92 Å². The van der Waals surface area contributed by atoms with Crippen LogP contribution < -0.4 is 9.47 Å². The fraction of sp³-hybridized carbons (Fsp3) is 0.500. The minimum absolute atomic E-state index is 0.0322. The topological polar surface area (TPSA) is 54.0 Å². The third kappa shape index (κ3) is 5.36. The molecule has 0 heterocycles. The normalized spacial score (nSPS) is 16.4. The molecule has 0 radical (unpaired) electrons. The molecular weight excluding hydrogens is 344 g/mol. The third-order valence-corrected chi connectivity index (χ3v) is 4.87. The van der Waals surface area contributed by atoms with Crippen LogP contribution in [0.1, 0.15) is 49.0 Å². The van der Waals surface area contributed by atoms with Crippen LogP contribution in [0.25, 0.3) is 0 Å². The van der Waals surface area contributed by atoms with Crippen molar-refractivity contribution in [3.8, 4) is 11.5 Å². The number of benzene rings is 1. The molecule has 0 unspecified atom stereocenters. The first kappa shape index (κ1) is 21.0. The number of ether oxygens (including phenoxy) is 4. The SMILES string of the molecule is C=C(Cc1c(OC)ccc(C(=O)OCC)c1OCOC)[C@H]1CC=C(C)CC1. The molecule has 0 aromatic heterocycles. The maximum atomic E-state index is 12.4. The van der Waals surface area contributed by atoms with Crippen LogP contribution in [-0.4, -0.2) is 33.6 Å². The van der Waals surface area contributed by atoms with Crippen LogP contribution in [0.5, 0.6) is 11.5 Å². The number of allylic oxidation sites excluding steroid dienone is 3. The summed E-state index contributed by atoms with van der Waals surface area (Å²) in [6.07, 6.45) is 6.05. The fourth-order valence-electron chi connectivity index (χ4n) is 3.33. The zero-order valence-electron chi connectivity index (χ0n) is 16.8. The van der Waals surface area contributed by atoms with E-state index in [0.717, 1.165) is 30.4 Å². The monoisotopic (exact) mass is 374 g/mol. The van der Waals surface area contributed by atoms with Gasteiger partial charge in [0.25, 0.3) is 0 Å². The summed E-state index contributed by atoms with van der Waals surface area (Å²) >= 11 is 0. The van der Waals surface area contributed by atoms with Gasteiger partial charge in [0.2, 0.25) is 0 Å². The number of carbonyl (C=O) groups excluding carboxylic acids is 1. The molecule has 0 amide bonds. The zero-order valence-corrected chi connectivity index (χ0v) is 16.8. The molecule has 148 valence electrons. The smallest absolute Gasteiger partial charge is 0.341 e. The van der Waals surface area contributed by atoms with Crippen LogP contribution in [0.3, 0.4) is 0 Å². The van der Waals surface area contributed by atoms with Crippen LogP contribution >= 0.6 is 0 Å². The van der Waals surface area contributed by atoms with Crippen LogP contribution in [0.4, 0.5) is 0 Å². The molecule has 5 heteroatoms. The van der Waals surface area contributed by atoms with Gasteiger partial charge < -0.3 is 18.9 Å². The van der Waals surface area contributed by atoms with Gasteiger partial charge in [0.15, 0.2) is 6.79 Å². The summed E-state index contributed by atoms with van der Waals surface area (Å²) < 4.78 is 21.6. The number of esters is 1. The Morgan fingerprint density at radius 2 is 2.07 bits per heavy atom. The van der Waals surface area contributed by atoms with Gasteiger partial charge in [-0.2, -0.15) is 0 Å². The lowest BCUT2D eigenvalue weighted by atomic mass is 9.82. The van der Waals surface area contributed by atoms with Gasteiger partial charge in [-0.1, -0.05) is 23.8 Å². The van der Waals surface area contributed by atoms with Gasteiger partial charge >= 0.3 is 5.97 Å². The molecule has 1 aromatic rings. The second-order valence-corrected chi connectivity index (χ2v) is 6.75. The highest BCUT2D eigenvalue weighted by Crippen LogP contribution is 2.38. The molecule has 0 aliphatic heterocycles. The van der Waals surface area contributed by atoms with Crippen molar-refractivity contribution in [1.82, 2.24) is 0 Å². The van der Waals surface area contributed by atoms with Crippen molar-refractivity contribution in [1.29, 1.82) is 0 Å². The van der Waals surface area contributed by atoms with E-state index in [1.54, 1.807) is 33.3 Å². The molecule has 1 atom stereocenters. The van der Waals surface area contributed by atoms with Gasteiger partial charge in [-0.05, 0) is 51.2 Å². The predicted molar refractivity (Wildman–Crippen MR) is 105 cm³/mol. The molecule has 0 saturated heterocycles. The summed E-state index contributed by atoms with van der Waals surface area (Å²) in [7, 11) is 3.15. The van der Waals surface area contributed by atoms with E-state index >= 15 is 0 Å². The van der Waals surface area contributed by atoms with Crippen molar-refractivity contribution >= 4 is 5.97 Å². The number of methoxy groups -OCH3 is 2. The average molecular weight is 374 g/mol. The Labute approximate surface area is 162 Å². The Kier molecular flexibility index (Phi) is 7.92. The van der Waals surface area contributed by atoms with Gasteiger partial charge in [0, 0.05) is 19.1 Å². The first-order valence-corrected chi connectivity index (χ1v) is 9.33. The first-order chi connectivity index (χ1) is 13.0. The van der Waals surface area contributed by atoms with Crippen molar-refractivity contribution in [2.75, 3.05) is 27.6 Å². The summed E-state index contributed by atoms with van der Waals surface area (Å²) in [5.74, 6) is 1.10. The van der Waals surface area contributed by atoms with Crippen molar-refractivity contribution in [3.63, 3.8) is 0 Å². The summed E-state index contributed by atoms with van der Waals surface area (Å²) in [4.78, 5) is 12.4. The maximum Gasteiger partial charge on any atom is 0.341 e. The zero-order chi connectivity index (χ0) is 19.8. The highest BCUT2D eigenvalue weighted by Gasteiger charge is 2.24. The van der Waals surface area contributed by atoms with Gasteiger partial charge in [-0.25, -0.2) is 4.79 Å². The third-order valence-electron chi connectivity index (χ3n) is 4.87. The minimum atomic E-state index is -0.422. The number of carbonyl (C=O) groups is 1. The second kappa shape index (κ2) is 10.2. The van der Waals surface area contributed by atoms with Crippen molar-refractivity contribution < 1.29 is 23.7 Å². The summed E-state index contributed by atoms with van der Waals surface area (Å²) in [5, 5.41) is 0. The molecule has 2 rings (SSSR count). The molecule has 0 saturated carbocycles. The predicted octanol–water partition coefficient (Wildman–Crippen LogP) is 4.70. The van der Waals surface area contributed by atoms with Gasteiger partial charge in [0.1, 0.15) is 17.1 Å². The highest BCUT2D eigenvalue weighted by molar-refractivity contribution is 5.93. The molecule has 27 heavy (non-hydrogen) atoms. The Bertz CT molecular complexity index is 705. The lowest BCUT2D eigenvalue weighted by molar-refractivity contribution is 0.0432.